The molecular weight excluding hydrogens is 341 g/mol. The molecule has 2 rings (SSSR count). The average molecular weight is 360 g/mol. The standard InChI is InChI=1S/C16H19F3N2O4/c1-10-3-4-11(12(7-10)25-9-16(17,18)19)20-14(24)21-6-5-15(2,8-21)13(22)23/h3-4,7H,5-6,8-9H2,1-2H3,(H,20,24)(H,22,23). The summed E-state index contributed by atoms with van der Waals surface area (Å²) in [7, 11) is 0. The number of carboxylic acids is 1. The molecule has 0 spiro atoms. The molecule has 1 atom stereocenters. The Balaban J connectivity index is 2.09. The van der Waals surface area contributed by atoms with E-state index in [0.717, 1.165) is 0 Å². The number of nitrogens with zero attached hydrogens (tertiary/aromatic N) is 1. The number of carboxylic acid groups (broad SMARTS) is 1. The number of ether oxygens (including phenoxy) is 1. The molecule has 25 heavy (non-hydrogen) atoms. The molecule has 1 aliphatic heterocycles. The molecule has 0 saturated carbocycles. The minimum atomic E-state index is -4.50. The molecule has 1 heterocycles. The van der Waals surface area contributed by atoms with Gasteiger partial charge in [0.15, 0.2) is 6.61 Å². The van der Waals surface area contributed by atoms with Gasteiger partial charge in [-0.2, -0.15) is 13.2 Å². The van der Waals surface area contributed by atoms with Crippen molar-refractivity contribution >= 4 is 17.7 Å². The Bertz CT molecular complexity index is 678. The van der Waals surface area contributed by atoms with Gasteiger partial charge in [0.25, 0.3) is 0 Å². The van der Waals surface area contributed by atoms with E-state index in [-0.39, 0.29) is 24.5 Å². The van der Waals surface area contributed by atoms with E-state index in [9.17, 15) is 27.9 Å². The average Bonchev–Trinajstić information content (AvgIpc) is 2.91. The van der Waals surface area contributed by atoms with Gasteiger partial charge < -0.3 is 20.1 Å². The van der Waals surface area contributed by atoms with Crippen LogP contribution < -0.4 is 10.1 Å². The van der Waals surface area contributed by atoms with Crippen molar-refractivity contribution in [3.8, 4) is 5.75 Å². The number of urea groups is 1. The molecule has 1 fully saturated rings. The Labute approximate surface area is 142 Å². The van der Waals surface area contributed by atoms with Crippen LogP contribution in [0.3, 0.4) is 0 Å². The summed E-state index contributed by atoms with van der Waals surface area (Å²) in [5.41, 5.74) is -0.251. The van der Waals surface area contributed by atoms with Gasteiger partial charge in [-0.3, -0.25) is 4.79 Å². The van der Waals surface area contributed by atoms with E-state index in [4.69, 9.17) is 4.74 Å². The molecule has 0 aliphatic carbocycles. The Hall–Kier alpha value is -2.45. The number of anilines is 1. The Morgan fingerprint density at radius 3 is 2.64 bits per heavy atom. The monoisotopic (exact) mass is 360 g/mol. The first-order valence-electron chi connectivity index (χ1n) is 7.60. The lowest BCUT2D eigenvalue weighted by atomic mass is 9.90. The molecule has 1 aromatic rings. The van der Waals surface area contributed by atoms with Crippen molar-refractivity contribution in [2.45, 2.75) is 26.4 Å². The smallest absolute Gasteiger partial charge is 0.422 e. The fourth-order valence-corrected chi connectivity index (χ4v) is 2.52. The lowest BCUT2D eigenvalue weighted by molar-refractivity contribution is -0.153. The highest BCUT2D eigenvalue weighted by Crippen LogP contribution is 2.32. The maximum atomic E-state index is 12.4. The van der Waals surface area contributed by atoms with Crippen LogP contribution in [0.25, 0.3) is 0 Å². The zero-order chi connectivity index (χ0) is 18.8. The van der Waals surface area contributed by atoms with E-state index in [1.54, 1.807) is 19.9 Å². The van der Waals surface area contributed by atoms with Gasteiger partial charge in [-0.15, -0.1) is 0 Å². The van der Waals surface area contributed by atoms with Crippen LogP contribution in [0.5, 0.6) is 5.75 Å². The van der Waals surface area contributed by atoms with E-state index in [2.05, 4.69) is 5.32 Å². The van der Waals surface area contributed by atoms with Gasteiger partial charge in [0.1, 0.15) is 5.75 Å². The van der Waals surface area contributed by atoms with Crippen molar-refractivity contribution in [2.75, 3.05) is 25.0 Å². The van der Waals surface area contributed by atoms with Crippen molar-refractivity contribution in [1.82, 2.24) is 4.90 Å². The molecule has 9 heteroatoms. The van der Waals surface area contributed by atoms with Crippen molar-refractivity contribution in [2.24, 2.45) is 5.41 Å². The van der Waals surface area contributed by atoms with Crippen LogP contribution in [0.4, 0.5) is 23.7 Å². The summed E-state index contributed by atoms with van der Waals surface area (Å²) in [4.78, 5) is 24.9. The van der Waals surface area contributed by atoms with Crippen LogP contribution in [0, 0.1) is 12.3 Å². The molecule has 138 valence electrons. The van der Waals surface area contributed by atoms with Crippen LogP contribution >= 0.6 is 0 Å². The van der Waals surface area contributed by atoms with Crippen LogP contribution in [0.15, 0.2) is 18.2 Å². The van der Waals surface area contributed by atoms with Gasteiger partial charge in [0.05, 0.1) is 11.1 Å². The molecular formula is C16H19F3N2O4. The number of aryl methyl sites for hydroxylation is 1. The van der Waals surface area contributed by atoms with Crippen LogP contribution in [-0.2, 0) is 4.79 Å². The lowest BCUT2D eigenvalue weighted by Gasteiger charge is -2.21. The number of amides is 2. The van der Waals surface area contributed by atoms with E-state index in [0.29, 0.717) is 12.0 Å². The summed E-state index contributed by atoms with van der Waals surface area (Å²) < 4.78 is 41.9. The van der Waals surface area contributed by atoms with E-state index < -0.39 is 30.2 Å². The maximum Gasteiger partial charge on any atom is 0.422 e. The van der Waals surface area contributed by atoms with Crippen molar-refractivity contribution < 1.29 is 32.6 Å². The highest BCUT2D eigenvalue weighted by Gasteiger charge is 2.42. The van der Waals surface area contributed by atoms with Gasteiger partial charge in [-0.1, -0.05) is 6.07 Å². The summed E-state index contributed by atoms with van der Waals surface area (Å²) in [5.74, 6) is -1.08. The second kappa shape index (κ2) is 6.81. The number of alkyl halides is 3. The quantitative estimate of drug-likeness (QED) is 0.864. The number of likely N-dealkylation sites (tertiary alicyclic amines) is 1. The summed E-state index contributed by atoms with van der Waals surface area (Å²) in [6.07, 6.45) is -4.19. The van der Waals surface area contributed by atoms with Crippen LogP contribution in [0.1, 0.15) is 18.9 Å². The summed E-state index contributed by atoms with van der Waals surface area (Å²) >= 11 is 0. The first-order chi connectivity index (χ1) is 11.5. The topological polar surface area (TPSA) is 78.9 Å². The highest BCUT2D eigenvalue weighted by molar-refractivity contribution is 5.92. The molecule has 1 aliphatic rings. The number of carbonyl (C=O) groups is 2. The molecule has 1 aromatic carbocycles. The molecule has 1 unspecified atom stereocenters. The summed E-state index contributed by atoms with van der Waals surface area (Å²) in [5, 5.41) is 11.7. The van der Waals surface area contributed by atoms with E-state index in [1.165, 1.54) is 17.0 Å². The number of hydrogen-bond donors (Lipinski definition) is 2. The van der Waals surface area contributed by atoms with Crippen molar-refractivity contribution in [3.63, 3.8) is 0 Å². The number of carbonyl (C=O) groups excluding carboxylic acids is 1. The van der Waals surface area contributed by atoms with Gasteiger partial charge in [-0.25, -0.2) is 4.79 Å². The molecule has 0 aromatic heterocycles. The zero-order valence-corrected chi connectivity index (χ0v) is 13.8. The molecule has 1 saturated heterocycles. The first kappa shape index (κ1) is 18.9. The number of rotatable bonds is 4. The second-order valence-electron chi connectivity index (χ2n) is 6.37. The zero-order valence-electron chi connectivity index (χ0n) is 13.8. The molecule has 2 N–H and O–H groups in total. The fraction of sp³-hybridized carbons (Fsp3) is 0.500. The van der Waals surface area contributed by atoms with Crippen LogP contribution in [-0.4, -0.2) is 47.9 Å². The first-order valence-corrected chi connectivity index (χ1v) is 7.60. The largest absolute Gasteiger partial charge is 0.482 e. The third kappa shape index (κ3) is 4.77. The lowest BCUT2D eigenvalue weighted by Crippen LogP contribution is -2.37. The fourth-order valence-electron chi connectivity index (χ4n) is 2.52. The van der Waals surface area contributed by atoms with Gasteiger partial charge >= 0.3 is 18.2 Å². The molecule has 2 amide bonds. The van der Waals surface area contributed by atoms with E-state index >= 15 is 0 Å². The van der Waals surface area contributed by atoms with Crippen molar-refractivity contribution in [1.29, 1.82) is 0 Å². The molecule has 6 nitrogen and oxygen atoms in total. The summed E-state index contributed by atoms with van der Waals surface area (Å²) in [6.45, 7) is 2.04. The third-order valence-corrected chi connectivity index (χ3v) is 4.05. The minimum absolute atomic E-state index is 0.0266. The number of hydrogen-bond acceptors (Lipinski definition) is 3. The normalized spacial score (nSPS) is 20.4. The Morgan fingerprint density at radius 2 is 2.08 bits per heavy atom. The number of halogens is 3. The third-order valence-electron chi connectivity index (χ3n) is 4.05. The molecule has 0 radical (unpaired) electrons. The number of nitrogens with one attached hydrogen (secondary N) is 1. The van der Waals surface area contributed by atoms with Crippen molar-refractivity contribution in [3.05, 3.63) is 23.8 Å². The maximum absolute atomic E-state index is 12.4. The predicted octanol–water partition coefficient (Wildman–Crippen LogP) is 3.26. The SMILES string of the molecule is Cc1ccc(NC(=O)N2CCC(C)(C(=O)O)C2)c(OCC(F)(F)F)c1. The number of benzene rings is 1. The van der Waals surface area contributed by atoms with E-state index in [1.807, 2.05) is 0 Å². The second-order valence-corrected chi connectivity index (χ2v) is 6.37. The summed E-state index contributed by atoms with van der Waals surface area (Å²) in [6, 6.07) is 3.89. The van der Waals surface area contributed by atoms with Gasteiger partial charge in [0.2, 0.25) is 0 Å². The predicted molar refractivity (Wildman–Crippen MR) is 83.7 cm³/mol. The molecule has 0 bridgehead atoms. The van der Waals surface area contributed by atoms with Gasteiger partial charge in [0, 0.05) is 13.1 Å². The Kier molecular flexibility index (Phi) is 5.15. The number of aliphatic carboxylic acids is 1. The highest BCUT2D eigenvalue weighted by atomic mass is 19.4. The Morgan fingerprint density at radius 1 is 1.40 bits per heavy atom. The van der Waals surface area contributed by atoms with Gasteiger partial charge in [-0.05, 0) is 38.0 Å². The minimum Gasteiger partial charge on any atom is -0.482 e. The van der Waals surface area contributed by atoms with Crippen LogP contribution in [0.2, 0.25) is 0 Å².